The number of hydrogen-bond acceptors (Lipinski definition) is 7. The molecule has 48 heavy (non-hydrogen) atoms. The Kier molecular flexibility index (Phi) is 15.1. The largest absolute Gasteiger partial charge is 0.492 e. The first-order valence-corrected chi connectivity index (χ1v) is 16.8. The number of ether oxygens (including phenoxy) is 4. The lowest BCUT2D eigenvalue weighted by atomic mass is 9.94. The molecule has 0 aromatic heterocycles. The van der Waals surface area contributed by atoms with Gasteiger partial charge in [0.15, 0.2) is 11.5 Å². The maximum Gasteiger partial charge on any atom is 0.308 e. The highest BCUT2D eigenvalue weighted by Gasteiger charge is 2.40. The van der Waals surface area contributed by atoms with Gasteiger partial charge in [0.05, 0.1) is 26.7 Å². The van der Waals surface area contributed by atoms with Crippen molar-refractivity contribution < 1.29 is 28.5 Å². The number of carbonyl (C=O) groups is 2. The van der Waals surface area contributed by atoms with Gasteiger partial charge in [-0.15, -0.1) is 12.4 Å². The molecule has 0 saturated heterocycles. The first-order chi connectivity index (χ1) is 22.5. The van der Waals surface area contributed by atoms with Gasteiger partial charge in [-0.25, -0.2) is 0 Å². The van der Waals surface area contributed by atoms with Crippen LogP contribution in [0.3, 0.4) is 0 Å². The Hall–Kier alpha value is -3.30. The summed E-state index contributed by atoms with van der Waals surface area (Å²) in [5.74, 6) is 0.274. The van der Waals surface area contributed by atoms with Gasteiger partial charge in [0, 0.05) is 34.9 Å². The van der Waals surface area contributed by atoms with Crippen LogP contribution in [0.25, 0.3) is 0 Å². The average molecular weight is 702 g/mol. The summed E-state index contributed by atoms with van der Waals surface area (Å²) in [6.07, 6.45) is 0.917. The molecular weight excluding hydrogens is 651 g/mol. The first kappa shape index (κ1) is 39.1. The lowest BCUT2D eigenvalue weighted by Crippen LogP contribution is -2.44. The van der Waals surface area contributed by atoms with Crippen LogP contribution in [-0.2, 0) is 25.5 Å². The number of nitrogens with zero attached hydrogens (tertiary/aromatic N) is 2. The second kappa shape index (κ2) is 18.5. The SMILES string of the molecule is CCOC(=O)C[C@@H]1O[C@@H](c2cccc(OCCCN(C)CCCc3ccccc3)c2OC)c2cc(Cl)ccc2N(CC(C)(C)C)C1=O.Cl. The van der Waals surface area contributed by atoms with Gasteiger partial charge < -0.3 is 28.7 Å². The van der Waals surface area contributed by atoms with Crippen LogP contribution in [0, 0.1) is 5.41 Å². The molecule has 262 valence electrons. The van der Waals surface area contributed by atoms with Crippen LogP contribution in [0.1, 0.15) is 69.8 Å². The summed E-state index contributed by atoms with van der Waals surface area (Å²) < 4.78 is 24.0. The number of para-hydroxylation sites is 1. The van der Waals surface area contributed by atoms with Crippen molar-refractivity contribution in [2.24, 2.45) is 5.41 Å². The predicted octanol–water partition coefficient (Wildman–Crippen LogP) is 7.92. The molecule has 8 nitrogen and oxygen atoms in total. The average Bonchev–Trinajstić information content (AvgIpc) is 3.13. The van der Waals surface area contributed by atoms with Gasteiger partial charge in [0.2, 0.25) is 0 Å². The monoisotopic (exact) mass is 700 g/mol. The Morgan fingerprint density at radius 2 is 1.73 bits per heavy atom. The molecule has 1 aliphatic heterocycles. The quantitative estimate of drug-likeness (QED) is 0.118. The van der Waals surface area contributed by atoms with Crippen molar-refractivity contribution in [3.05, 3.63) is 88.4 Å². The van der Waals surface area contributed by atoms with E-state index in [0.29, 0.717) is 46.5 Å². The molecule has 0 N–H and O–H groups in total. The summed E-state index contributed by atoms with van der Waals surface area (Å²) in [6, 6.07) is 21.6. The van der Waals surface area contributed by atoms with Crippen LogP contribution in [0.2, 0.25) is 5.02 Å². The summed E-state index contributed by atoms with van der Waals surface area (Å²) in [7, 11) is 3.73. The maximum atomic E-state index is 14.1. The smallest absolute Gasteiger partial charge is 0.308 e. The number of halogens is 2. The van der Waals surface area contributed by atoms with Gasteiger partial charge in [-0.05, 0) is 75.0 Å². The predicted molar refractivity (Wildman–Crippen MR) is 194 cm³/mol. The number of anilines is 1. The van der Waals surface area contributed by atoms with Crippen LogP contribution in [0.5, 0.6) is 11.5 Å². The van der Waals surface area contributed by atoms with E-state index in [1.165, 1.54) is 5.56 Å². The lowest BCUT2D eigenvalue weighted by Gasteiger charge is -2.31. The topological polar surface area (TPSA) is 77.5 Å². The molecule has 1 heterocycles. The molecule has 0 aliphatic carbocycles. The standard InChI is InChI=1S/C38H49ClN2O6.ClH/c1-7-45-34(42)25-33-37(43)41(26-38(2,3)4)31-20-19-28(39)24-30(31)35(47-33)29-17-11-18-32(36(29)44-6)46-23-13-22-40(5)21-12-16-27-14-9-8-10-15-27;/h8-11,14-15,17-20,24,33,35H,7,12-13,16,21-23,25-26H2,1-6H3;1H/t33-,35-;/m0./s1. The molecule has 1 aliphatic rings. The fourth-order valence-corrected chi connectivity index (χ4v) is 6.03. The molecule has 3 aromatic carbocycles. The Bertz CT molecular complexity index is 1480. The van der Waals surface area contributed by atoms with Gasteiger partial charge in [0.25, 0.3) is 5.91 Å². The highest BCUT2D eigenvalue weighted by Crippen LogP contribution is 2.45. The third kappa shape index (κ3) is 10.9. The lowest BCUT2D eigenvalue weighted by molar-refractivity contribution is -0.151. The maximum absolute atomic E-state index is 14.1. The molecule has 1 amide bonds. The summed E-state index contributed by atoms with van der Waals surface area (Å²) in [6.45, 7) is 10.9. The van der Waals surface area contributed by atoms with Gasteiger partial charge in [-0.2, -0.15) is 0 Å². The fraction of sp³-hybridized carbons (Fsp3) is 0.474. The number of benzene rings is 3. The molecule has 0 fully saturated rings. The van der Waals surface area contributed by atoms with E-state index in [0.717, 1.165) is 32.4 Å². The Labute approximate surface area is 297 Å². The summed E-state index contributed by atoms with van der Waals surface area (Å²) in [4.78, 5) is 30.8. The molecule has 3 aromatic rings. The number of hydrogen-bond donors (Lipinski definition) is 0. The number of aryl methyl sites for hydroxylation is 1. The normalized spacial score (nSPS) is 16.2. The third-order valence-corrected chi connectivity index (χ3v) is 8.22. The van der Waals surface area contributed by atoms with E-state index >= 15 is 0 Å². The molecule has 0 radical (unpaired) electrons. The number of fused-ring (bicyclic) bond motifs is 1. The van der Waals surface area contributed by atoms with Crippen molar-refractivity contribution in [1.29, 1.82) is 0 Å². The van der Waals surface area contributed by atoms with Crippen LogP contribution in [-0.4, -0.2) is 69.9 Å². The summed E-state index contributed by atoms with van der Waals surface area (Å²) in [5.41, 5.74) is 3.17. The van der Waals surface area contributed by atoms with E-state index in [4.69, 9.17) is 30.5 Å². The second-order valence-electron chi connectivity index (χ2n) is 13.2. The second-order valence-corrected chi connectivity index (χ2v) is 13.6. The van der Waals surface area contributed by atoms with E-state index in [1.54, 1.807) is 25.0 Å². The molecule has 0 saturated carbocycles. The Morgan fingerprint density at radius 3 is 2.42 bits per heavy atom. The van der Waals surface area contributed by atoms with E-state index in [9.17, 15) is 9.59 Å². The zero-order chi connectivity index (χ0) is 34.0. The van der Waals surface area contributed by atoms with Crippen molar-refractivity contribution >= 4 is 41.6 Å². The van der Waals surface area contributed by atoms with Crippen molar-refractivity contribution in [2.45, 2.75) is 65.6 Å². The zero-order valence-electron chi connectivity index (χ0n) is 29.0. The number of esters is 1. The molecule has 0 spiro atoms. The molecule has 0 unspecified atom stereocenters. The van der Waals surface area contributed by atoms with Crippen molar-refractivity contribution in [2.75, 3.05) is 51.9 Å². The van der Waals surface area contributed by atoms with Crippen molar-refractivity contribution in [3.63, 3.8) is 0 Å². The molecule has 0 bridgehead atoms. The summed E-state index contributed by atoms with van der Waals surface area (Å²) in [5, 5.41) is 0.503. The first-order valence-electron chi connectivity index (χ1n) is 16.4. The van der Waals surface area contributed by atoms with Gasteiger partial charge >= 0.3 is 5.97 Å². The van der Waals surface area contributed by atoms with Crippen LogP contribution in [0.15, 0.2) is 66.7 Å². The number of amides is 1. The molecule has 2 atom stereocenters. The van der Waals surface area contributed by atoms with Gasteiger partial charge in [-0.3, -0.25) is 9.59 Å². The van der Waals surface area contributed by atoms with Crippen molar-refractivity contribution in [1.82, 2.24) is 4.90 Å². The molecule has 4 rings (SSSR count). The number of carbonyl (C=O) groups excluding carboxylic acids is 2. The highest BCUT2D eigenvalue weighted by atomic mass is 35.5. The number of methoxy groups -OCH3 is 1. The Balaban J connectivity index is 0.00000625. The van der Waals surface area contributed by atoms with E-state index in [2.05, 4.69) is 57.0 Å². The summed E-state index contributed by atoms with van der Waals surface area (Å²) >= 11 is 6.55. The van der Waals surface area contributed by atoms with Crippen LogP contribution < -0.4 is 14.4 Å². The highest BCUT2D eigenvalue weighted by molar-refractivity contribution is 6.30. The zero-order valence-corrected chi connectivity index (χ0v) is 30.6. The third-order valence-electron chi connectivity index (χ3n) is 7.98. The number of rotatable bonds is 15. The van der Waals surface area contributed by atoms with Crippen LogP contribution in [0.4, 0.5) is 5.69 Å². The molecule has 10 heteroatoms. The van der Waals surface area contributed by atoms with Crippen molar-refractivity contribution in [3.8, 4) is 11.5 Å². The fourth-order valence-electron chi connectivity index (χ4n) is 5.85. The Morgan fingerprint density at radius 1 is 1.00 bits per heavy atom. The van der Waals surface area contributed by atoms with E-state index in [-0.39, 0.29) is 36.8 Å². The molecular formula is C38H50Cl2N2O6. The minimum Gasteiger partial charge on any atom is -0.492 e. The van der Waals surface area contributed by atoms with Gasteiger partial charge in [0.1, 0.15) is 12.2 Å². The minimum atomic E-state index is -1.08. The van der Waals surface area contributed by atoms with E-state index < -0.39 is 18.2 Å². The van der Waals surface area contributed by atoms with E-state index in [1.807, 2.05) is 36.4 Å². The minimum absolute atomic E-state index is 0. The van der Waals surface area contributed by atoms with Crippen LogP contribution >= 0.6 is 24.0 Å². The van der Waals surface area contributed by atoms with Gasteiger partial charge in [-0.1, -0.05) is 74.8 Å².